The second kappa shape index (κ2) is 7.84. The number of nitrogens with one attached hydrogen (secondary N) is 1. The van der Waals surface area contributed by atoms with Crippen molar-refractivity contribution >= 4 is 39.3 Å². The largest absolute Gasteiger partial charge is 0.339 e. The number of aromatic nitrogens is 2. The van der Waals surface area contributed by atoms with E-state index in [1.807, 2.05) is 49.4 Å². The maximum Gasteiger partial charge on any atom is 0.234 e. The Morgan fingerprint density at radius 2 is 2.04 bits per heavy atom. The molecule has 1 amide bonds. The van der Waals surface area contributed by atoms with Crippen LogP contribution < -0.4 is 5.32 Å². The predicted octanol–water partition coefficient (Wildman–Crippen LogP) is 4.85. The normalized spacial score (nSPS) is 10.7. The Morgan fingerprint density at radius 1 is 1.24 bits per heavy atom. The van der Waals surface area contributed by atoms with Gasteiger partial charge in [-0.3, -0.25) is 4.79 Å². The van der Waals surface area contributed by atoms with E-state index in [0.717, 1.165) is 20.5 Å². The number of halogens is 1. The van der Waals surface area contributed by atoms with Gasteiger partial charge in [0.25, 0.3) is 0 Å². The highest BCUT2D eigenvalue weighted by atomic mass is 79.9. The SMILES string of the molecule is Cc1nc(-c2ccccc2NC(=O)CSc2ccc(Br)cc2C)no1. The van der Waals surface area contributed by atoms with Crippen LogP contribution in [0, 0.1) is 13.8 Å². The minimum absolute atomic E-state index is 0.0833. The molecule has 128 valence electrons. The molecule has 0 aliphatic rings. The van der Waals surface area contributed by atoms with Gasteiger partial charge in [-0.05, 0) is 42.8 Å². The highest BCUT2D eigenvalue weighted by molar-refractivity contribution is 9.10. The summed E-state index contributed by atoms with van der Waals surface area (Å²) in [5.41, 5.74) is 2.54. The lowest BCUT2D eigenvalue weighted by Crippen LogP contribution is -2.14. The van der Waals surface area contributed by atoms with Gasteiger partial charge in [0.15, 0.2) is 0 Å². The number of benzene rings is 2. The monoisotopic (exact) mass is 417 g/mol. The maximum absolute atomic E-state index is 12.3. The fraction of sp³-hybridized carbons (Fsp3) is 0.167. The molecule has 3 aromatic rings. The predicted molar refractivity (Wildman–Crippen MR) is 103 cm³/mol. The average molecular weight is 418 g/mol. The van der Waals surface area contributed by atoms with Crippen molar-refractivity contribution in [2.24, 2.45) is 0 Å². The maximum atomic E-state index is 12.3. The van der Waals surface area contributed by atoms with Crippen LogP contribution in [-0.4, -0.2) is 21.8 Å². The summed E-state index contributed by atoms with van der Waals surface area (Å²) in [6, 6.07) is 13.4. The summed E-state index contributed by atoms with van der Waals surface area (Å²) in [4.78, 5) is 17.7. The molecule has 1 heterocycles. The summed E-state index contributed by atoms with van der Waals surface area (Å²) < 4.78 is 6.06. The molecule has 0 radical (unpaired) electrons. The zero-order valence-electron chi connectivity index (χ0n) is 13.7. The Labute approximate surface area is 158 Å². The van der Waals surface area contributed by atoms with E-state index in [9.17, 15) is 4.79 Å². The molecule has 0 saturated heterocycles. The number of rotatable bonds is 5. The van der Waals surface area contributed by atoms with Crippen molar-refractivity contribution < 1.29 is 9.32 Å². The highest BCUT2D eigenvalue weighted by Gasteiger charge is 2.13. The van der Waals surface area contributed by atoms with Crippen molar-refractivity contribution in [3.63, 3.8) is 0 Å². The van der Waals surface area contributed by atoms with Gasteiger partial charge in [-0.25, -0.2) is 0 Å². The second-order valence-electron chi connectivity index (χ2n) is 5.43. The minimum atomic E-state index is -0.0833. The van der Waals surface area contributed by atoms with Gasteiger partial charge < -0.3 is 9.84 Å². The van der Waals surface area contributed by atoms with Gasteiger partial charge in [-0.1, -0.05) is 33.2 Å². The van der Waals surface area contributed by atoms with Gasteiger partial charge in [0.1, 0.15) is 0 Å². The second-order valence-corrected chi connectivity index (χ2v) is 7.36. The average Bonchev–Trinajstić information content (AvgIpc) is 3.01. The van der Waals surface area contributed by atoms with E-state index in [4.69, 9.17) is 4.52 Å². The summed E-state index contributed by atoms with van der Waals surface area (Å²) >= 11 is 4.95. The molecule has 0 bridgehead atoms. The van der Waals surface area contributed by atoms with Crippen LogP contribution >= 0.6 is 27.7 Å². The van der Waals surface area contributed by atoms with Crippen molar-refractivity contribution in [2.45, 2.75) is 18.7 Å². The summed E-state index contributed by atoms with van der Waals surface area (Å²) in [6.07, 6.45) is 0. The molecule has 0 atom stereocenters. The number of aryl methyl sites for hydroxylation is 2. The van der Waals surface area contributed by atoms with Crippen molar-refractivity contribution in [3.05, 3.63) is 58.4 Å². The van der Waals surface area contributed by atoms with Crippen LogP contribution in [0.3, 0.4) is 0 Å². The first-order chi connectivity index (χ1) is 12.0. The van der Waals surface area contributed by atoms with E-state index >= 15 is 0 Å². The molecule has 0 saturated carbocycles. The number of amides is 1. The zero-order valence-corrected chi connectivity index (χ0v) is 16.1. The van der Waals surface area contributed by atoms with Crippen LogP contribution in [0.4, 0.5) is 5.69 Å². The lowest BCUT2D eigenvalue weighted by Gasteiger charge is -2.09. The van der Waals surface area contributed by atoms with E-state index in [0.29, 0.717) is 23.2 Å². The van der Waals surface area contributed by atoms with Crippen LogP contribution in [0.5, 0.6) is 0 Å². The van der Waals surface area contributed by atoms with Gasteiger partial charge in [-0.15, -0.1) is 11.8 Å². The van der Waals surface area contributed by atoms with Crippen LogP contribution in [0.25, 0.3) is 11.4 Å². The molecular weight excluding hydrogens is 402 g/mol. The quantitative estimate of drug-likeness (QED) is 0.601. The molecule has 0 unspecified atom stereocenters. The Balaban J connectivity index is 1.69. The molecule has 1 N–H and O–H groups in total. The van der Waals surface area contributed by atoms with Crippen LogP contribution in [0.2, 0.25) is 0 Å². The van der Waals surface area contributed by atoms with Crippen LogP contribution in [0.1, 0.15) is 11.5 Å². The number of carbonyl (C=O) groups excluding carboxylic acids is 1. The number of thioether (sulfide) groups is 1. The molecule has 25 heavy (non-hydrogen) atoms. The van der Waals surface area contributed by atoms with Crippen LogP contribution in [-0.2, 0) is 4.79 Å². The molecule has 0 fully saturated rings. The van der Waals surface area contributed by atoms with Gasteiger partial charge in [0.2, 0.25) is 17.6 Å². The molecule has 3 rings (SSSR count). The number of para-hydroxylation sites is 1. The summed E-state index contributed by atoms with van der Waals surface area (Å²) in [7, 11) is 0. The lowest BCUT2D eigenvalue weighted by atomic mass is 10.1. The van der Waals surface area contributed by atoms with Crippen LogP contribution in [0.15, 0.2) is 56.4 Å². The number of hydrogen-bond acceptors (Lipinski definition) is 5. The molecule has 0 spiro atoms. The van der Waals surface area contributed by atoms with E-state index in [1.165, 1.54) is 11.8 Å². The van der Waals surface area contributed by atoms with Crippen molar-refractivity contribution in [1.29, 1.82) is 0 Å². The third kappa shape index (κ3) is 4.49. The fourth-order valence-electron chi connectivity index (χ4n) is 2.30. The van der Waals surface area contributed by atoms with Gasteiger partial charge in [-0.2, -0.15) is 4.98 Å². The first-order valence-corrected chi connectivity index (χ1v) is 9.39. The third-order valence-electron chi connectivity index (χ3n) is 3.47. The molecule has 5 nitrogen and oxygen atoms in total. The van der Waals surface area contributed by atoms with Gasteiger partial charge in [0.05, 0.1) is 11.4 Å². The third-order valence-corrected chi connectivity index (χ3v) is 5.13. The van der Waals surface area contributed by atoms with E-state index in [1.54, 1.807) is 6.92 Å². The number of nitrogens with zero attached hydrogens (tertiary/aromatic N) is 2. The Morgan fingerprint density at radius 3 is 2.76 bits per heavy atom. The highest BCUT2D eigenvalue weighted by Crippen LogP contribution is 2.27. The molecular formula is C18H16BrN3O2S. The molecule has 0 aliphatic heterocycles. The smallest absolute Gasteiger partial charge is 0.234 e. The minimum Gasteiger partial charge on any atom is -0.339 e. The Hall–Kier alpha value is -2.12. The fourth-order valence-corrected chi connectivity index (χ4v) is 3.59. The molecule has 7 heteroatoms. The van der Waals surface area contributed by atoms with Gasteiger partial charge in [0, 0.05) is 21.9 Å². The zero-order chi connectivity index (χ0) is 17.8. The van der Waals surface area contributed by atoms with Crippen molar-refractivity contribution in [3.8, 4) is 11.4 Å². The lowest BCUT2D eigenvalue weighted by molar-refractivity contribution is -0.113. The summed E-state index contributed by atoms with van der Waals surface area (Å²) in [6.45, 7) is 3.76. The van der Waals surface area contributed by atoms with E-state index in [-0.39, 0.29) is 5.91 Å². The number of carbonyl (C=O) groups is 1. The first kappa shape index (κ1) is 17.7. The van der Waals surface area contributed by atoms with Gasteiger partial charge >= 0.3 is 0 Å². The number of hydrogen-bond donors (Lipinski definition) is 1. The standard InChI is InChI=1S/C18H16BrN3O2S/c1-11-9-13(19)7-8-16(11)25-10-17(23)21-15-6-4-3-5-14(15)18-20-12(2)24-22-18/h3-9H,10H2,1-2H3,(H,21,23). The Kier molecular flexibility index (Phi) is 5.55. The molecule has 0 aliphatic carbocycles. The molecule has 2 aromatic carbocycles. The summed E-state index contributed by atoms with van der Waals surface area (Å²) in [5, 5.41) is 6.85. The summed E-state index contributed by atoms with van der Waals surface area (Å²) in [5.74, 6) is 1.18. The van der Waals surface area contributed by atoms with E-state index < -0.39 is 0 Å². The topological polar surface area (TPSA) is 68.0 Å². The Bertz CT molecular complexity index is 911. The first-order valence-electron chi connectivity index (χ1n) is 7.61. The van der Waals surface area contributed by atoms with Crippen molar-refractivity contribution in [1.82, 2.24) is 10.1 Å². The van der Waals surface area contributed by atoms with Crippen molar-refractivity contribution in [2.75, 3.05) is 11.1 Å². The molecule has 1 aromatic heterocycles. The number of anilines is 1. The van der Waals surface area contributed by atoms with E-state index in [2.05, 4.69) is 31.4 Å².